The van der Waals surface area contributed by atoms with Gasteiger partial charge in [0.05, 0.1) is 26.4 Å². The van der Waals surface area contributed by atoms with E-state index in [0.29, 0.717) is 49.4 Å². The van der Waals surface area contributed by atoms with E-state index in [1.807, 2.05) is 0 Å². The molecule has 126 valence electrons. The molecule has 0 saturated heterocycles. The summed E-state index contributed by atoms with van der Waals surface area (Å²) in [6, 6.07) is 6.29. The Morgan fingerprint density at radius 2 is 0.708 bits per heavy atom. The van der Waals surface area contributed by atoms with Crippen LogP contribution in [0, 0.1) is 12.1 Å². The first-order chi connectivity index (χ1) is 10.8. The van der Waals surface area contributed by atoms with E-state index in [0.717, 1.165) is 25.7 Å². The smallest absolute Gasteiger partial charge is 0.573 e. The predicted molar refractivity (Wildman–Crippen MR) is 87.3 cm³/mol. The van der Waals surface area contributed by atoms with Gasteiger partial charge in [-0.05, 0) is 25.7 Å². The molecule has 0 heterocycles. The summed E-state index contributed by atoms with van der Waals surface area (Å²) in [5.41, 5.74) is 0. The van der Waals surface area contributed by atoms with E-state index in [2.05, 4.69) is 39.8 Å². The van der Waals surface area contributed by atoms with Gasteiger partial charge in [-0.3, -0.25) is 0 Å². The van der Waals surface area contributed by atoms with Crippen LogP contribution in [0.2, 0.25) is 0 Å². The molecule has 0 unspecified atom stereocenters. The van der Waals surface area contributed by atoms with Gasteiger partial charge < -0.3 is 18.9 Å². The molecule has 0 spiro atoms. The van der Waals surface area contributed by atoms with Gasteiger partial charge in [0.25, 0.3) is 0 Å². The van der Waals surface area contributed by atoms with Crippen molar-refractivity contribution in [3.63, 3.8) is 0 Å². The number of hydrogen-bond donors (Lipinski definition) is 0. The summed E-state index contributed by atoms with van der Waals surface area (Å²) in [7, 11) is 0. The summed E-state index contributed by atoms with van der Waals surface area (Å²) in [6.07, 6.45) is 3.67. The summed E-state index contributed by atoms with van der Waals surface area (Å²) in [4.78, 5) is 0. The summed E-state index contributed by atoms with van der Waals surface area (Å²) in [5, 5.41) is 0. The Bertz CT molecular complexity index is 353. The van der Waals surface area contributed by atoms with Crippen molar-refractivity contribution in [1.29, 1.82) is 0 Å². The molecule has 0 saturated carbocycles. The molecule has 0 radical (unpaired) electrons. The van der Waals surface area contributed by atoms with Crippen LogP contribution >= 0.6 is 0 Å². The van der Waals surface area contributed by atoms with Crippen LogP contribution in [-0.2, 0) is 0 Å². The van der Waals surface area contributed by atoms with Crippen LogP contribution in [0.5, 0.6) is 23.0 Å². The Labute approximate surface area is 171 Å². The van der Waals surface area contributed by atoms with E-state index < -0.39 is 0 Å². The second-order valence-electron chi connectivity index (χ2n) is 4.96. The molecule has 0 fully saturated rings. The minimum Gasteiger partial charge on any atom is -0.573 e. The van der Waals surface area contributed by atoms with E-state index in [-0.39, 0.29) is 37.7 Å². The average Bonchev–Trinajstić information content (AvgIpc) is 2.55. The zero-order chi connectivity index (χ0) is 16.2. The molecule has 1 aromatic carbocycles. The fourth-order valence-corrected chi connectivity index (χ4v) is 1.66. The number of hydrogen-bond acceptors (Lipinski definition) is 4. The van der Waals surface area contributed by atoms with Gasteiger partial charge in [0.1, 0.15) is 0 Å². The van der Waals surface area contributed by atoms with Crippen LogP contribution in [0.3, 0.4) is 0 Å². The topological polar surface area (TPSA) is 36.9 Å². The first kappa shape index (κ1) is 25.9. The third-order valence-electron chi connectivity index (χ3n) is 2.67. The second-order valence-corrected chi connectivity index (χ2v) is 4.96. The van der Waals surface area contributed by atoms with Crippen LogP contribution in [0.15, 0.2) is 0 Å². The van der Waals surface area contributed by atoms with E-state index in [1.54, 1.807) is 0 Å². The maximum absolute atomic E-state index is 5.72. The molecular formula is C18H28Li2O4. The second kappa shape index (κ2) is 16.1. The average molecular weight is 322 g/mol. The number of ether oxygens (including phenoxy) is 4. The van der Waals surface area contributed by atoms with E-state index in [1.165, 1.54) is 0 Å². The quantitative estimate of drug-likeness (QED) is 0.345. The first-order valence-corrected chi connectivity index (χ1v) is 8.30. The number of benzene rings is 1. The largest absolute Gasteiger partial charge is 1.00 e. The molecule has 0 bridgehead atoms. The van der Waals surface area contributed by atoms with Crippen LogP contribution in [0.1, 0.15) is 53.4 Å². The van der Waals surface area contributed by atoms with E-state index in [4.69, 9.17) is 18.9 Å². The minimum absolute atomic E-state index is 0. The van der Waals surface area contributed by atoms with Crippen LogP contribution < -0.4 is 56.7 Å². The monoisotopic (exact) mass is 322 g/mol. The van der Waals surface area contributed by atoms with Gasteiger partial charge in [-0.25, -0.2) is 12.1 Å². The fourth-order valence-electron chi connectivity index (χ4n) is 1.66. The maximum atomic E-state index is 5.72. The zero-order valence-electron chi connectivity index (χ0n) is 16.3. The van der Waals surface area contributed by atoms with Crippen molar-refractivity contribution in [3.05, 3.63) is 12.1 Å². The van der Waals surface area contributed by atoms with Gasteiger partial charge in [0.2, 0.25) is 0 Å². The first-order valence-electron chi connectivity index (χ1n) is 8.30. The van der Waals surface area contributed by atoms with Crippen molar-refractivity contribution in [3.8, 4) is 23.0 Å². The van der Waals surface area contributed by atoms with Crippen molar-refractivity contribution in [2.24, 2.45) is 0 Å². The third-order valence-corrected chi connectivity index (χ3v) is 2.67. The Morgan fingerprint density at radius 3 is 0.875 bits per heavy atom. The number of rotatable bonds is 12. The molecule has 0 aliphatic carbocycles. The summed E-state index contributed by atoms with van der Waals surface area (Å²) >= 11 is 0. The van der Waals surface area contributed by atoms with Gasteiger partial charge in [-0.15, -0.1) is 0 Å². The molecule has 0 atom stereocenters. The SMILES string of the molecule is CCCOc1[c-]c(OCCC)c(OCCC)[c-]c1OCCC.[Li+].[Li+]. The molecule has 0 aromatic heterocycles. The summed E-state index contributed by atoms with van der Waals surface area (Å²) in [6.45, 7) is 10.7. The van der Waals surface area contributed by atoms with Gasteiger partial charge in [0, 0.05) is 0 Å². The van der Waals surface area contributed by atoms with Crippen molar-refractivity contribution in [2.75, 3.05) is 26.4 Å². The molecule has 1 aromatic rings. The van der Waals surface area contributed by atoms with Crippen molar-refractivity contribution < 1.29 is 56.7 Å². The van der Waals surface area contributed by atoms with Gasteiger partial charge in [0.15, 0.2) is 0 Å². The Balaban J connectivity index is 0. The Kier molecular flexibility index (Phi) is 17.3. The molecule has 4 nitrogen and oxygen atoms in total. The van der Waals surface area contributed by atoms with Crippen LogP contribution in [0.25, 0.3) is 0 Å². The molecule has 0 aliphatic heterocycles. The predicted octanol–water partition coefficient (Wildman–Crippen LogP) is -1.55. The molecule has 6 heteroatoms. The molecule has 1 rings (SSSR count). The fraction of sp³-hybridized carbons (Fsp3) is 0.667. The van der Waals surface area contributed by atoms with Crippen LogP contribution in [0.4, 0.5) is 0 Å². The Hall–Kier alpha value is -0.385. The molecular weight excluding hydrogens is 294 g/mol. The molecule has 24 heavy (non-hydrogen) atoms. The minimum atomic E-state index is 0. The van der Waals surface area contributed by atoms with Crippen molar-refractivity contribution >= 4 is 0 Å². The Morgan fingerprint density at radius 1 is 0.500 bits per heavy atom. The van der Waals surface area contributed by atoms with Crippen LogP contribution in [-0.4, -0.2) is 26.4 Å². The van der Waals surface area contributed by atoms with Gasteiger partial charge in [-0.2, -0.15) is 0 Å². The summed E-state index contributed by atoms with van der Waals surface area (Å²) in [5.74, 6) is 2.19. The van der Waals surface area contributed by atoms with Gasteiger partial charge >= 0.3 is 37.7 Å². The van der Waals surface area contributed by atoms with E-state index in [9.17, 15) is 0 Å². The van der Waals surface area contributed by atoms with E-state index >= 15 is 0 Å². The standard InChI is InChI=1S/C18H28O4.2Li/c1-5-9-19-15-13-17(21-11-7-3)18(22-12-8-4)14-16(15)20-10-6-2;;/h5-12H2,1-4H3;;/q-2;2*+1. The normalized spacial score (nSPS) is 9.50. The zero-order valence-corrected chi connectivity index (χ0v) is 16.3. The van der Waals surface area contributed by atoms with Crippen molar-refractivity contribution in [1.82, 2.24) is 0 Å². The molecule has 0 N–H and O–H groups in total. The van der Waals surface area contributed by atoms with Crippen molar-refractivity contribution in [2.45, 2.75) is 53.4 Å². The molecule has 0 aliphatic rings. The van der Waals surface area contributed by atoms with Gasteiger partial charge in [-0.1, -0.05) is 50.7 Å². The summed E-state index contributed by atoms with van der Waals surface area (Å²) < 4.78 is 22.9. The molecule has 0 amide bonds. The third kappa shape index (κ3) is 9.19. The maximum Gasteiger partial charge on any atom is 1.00 e.